The third kappa shape index (κ3) is 6.76. The van der Waals surface area contributed by atoms with E-state index < -0.39 is 32.2 Å². The lowest BCUT2D eigenvalue weighted by Crippen LogP contribution is -2.46. The van der Waals surface area contributed by atoms with Crippen molar-refractivity contribution in [3.05, 3.63) is 0 Å². The lowest BCUT2D eigenvalue weighted by atomic mass is 10.0. The zero-order valence-corrected chi connectivity index (χ0v) is 19.4. The molecule has 1 aliphatic rings. The second-order valence-electron chi connectivity index (χ2n) is 9.88. The lowest BCUT2D eigenvalue weighted by molar-refractivity contribution is -0.123. The molecular weight excluding hydrogens is 364 g/mol. The van der Waals surface area contributed by atoms with Crippen LogP contribution in [0.4, 0.5) is 4.79 Å². The van der Waals surface area contributed by atoms with Crippen LogP contribution in [0.3, 0.4) is 0 Å². The molecule has 2 N–H and O–H groups in total. The molecule has 0 radical (unpaired) electrons. The maximum atomic E-state index is 12.7. The number of aliphatic hydroxyl groups excluding tert-OH is 1. The Morgan fingerprint density at radius 3 is 2.22 bits per heavy atom. The monoisotopic (exact) mass is 402 g/mol. The molecule has 158 valence electrons. The number of likely N-dealkylation sites (tertiary alicyclic amines) is 1. The highest BCUT2D eigenvalue weighted by Gasteiger charge is 2.46. The van der Waals surface area contributed by atoms with Gasteiger partial charge in [0.25, 0.3) is 0 Å². The quantitative estimate of drug-likeness (QED) is 0.690. The Balaban J connectivity index is 2.98. The van der Waals surface area contributed by atoms with E-state index in [4.69, 9.17) is 9.16 Å². The van der Waals surface area contributed by atoms with Gasteiger partial charge in [0.05, 0.1) is 24.7 Å². The Morgan fingerprint density at radius 2 is 1.78 bits per heavy atom. The molecule has 0 aromatic carbocycles. The molecule has 2 amide bonds. The van der Waals surface area contributed by atoms with Crippen LogP contribution in [0.15, 0.2) is 0 Å². The predicted octanol–water partition coefficient (Wildman–Crippen LogP) is 2.88. The van der Waals surface area contributed by atoms with Crippen molar-refractivity contribution in [2.45, 2.75) is 96.4 Å². The third-order valence-corrected chi connectivity index (χ3v) is 9.85. The summed E-state index contributed by atoms with van der Waals surface area (Å²) in [6.07, 6.45) is -1.20. The van der Waals surface area contributed by atoms with Crippen LogP contribution in [0.25, 0.3) is 0 Å². The largest absolute Gasteiger partial charge is 0.444 e. The minimum absolute atomic E-state index is 0.0442. The van der Waals surface area contributed by atoms with E-state index in [1.54, 1.807) is 20.8 Å². The number of ether oxygens (including phenoxy) is 1. The molecule has 1 unspecified atom stereocenters. The molecule has 1 heterocycles. The van der Waals surface area contributed by atoms with Gasteiger partial charge in [-0.1, -0.05) is 20.8 Å². The molecule has 1 fully saturated rings. The first-order chi connectivity index (χ1) is 12.1. The maximum Gasteiger partial charge on any atom is 0.410 e. The van der Waals surface area contributed by atoms with E-state index in [9.17, 15) is 14.7 Å². The van der Waals surface area contributed by atoms with Crippen molar-refractivity contribution in [1.82, 2.24) is 10.2 Å². The minimum atomic E-state index is -2.02. The average Bonchev–Trinajstić information content (AvgIpc) is 2.87. The van der Waals surface area contributed by atoms with Crippen LogP contribution < -0.4 is 5.32 Å². The first-order valence-corrected chi connectivity index (χ1v) is 12.5. The highest BCUT2D eigenvalue weighted by Crippen LogP contribution is 2.39. The van der Waals surface area contributed by atoms with Gasteiger partial charge in [0.1, 0.15) is 5.60 Å². The Labute approximate surface area is 164 Å². The topological polar surface area (TPSA) is 88.1 Å². The van der Waals surface area contributed by atoms with E-state index in [-0.39, 0.29) is 23.5 Å². The summed E-state index contributed by atoms with van der Waals surface area (Å²) in [7, 11) is -0.498. The molecule has 0 saturated carbocycles. The van der Waals surface area contributed by atoms with Crippen LogP contribution in [0.1, 0.15) is 54.4 Å². The number of carbonyl (C=O) groups excluding carboxylic acids is 2. The summed E-state index contributed by atoms with van der Waals surface area (Å²) in [4.78, 5) is 25.9. The molecule has 1 rings (SSSR count). The predicted molar refractivity (Wildman–Crippen MR) is 108 cm³/mol. The maximum absolute atomic E-state index is 12.7. The molecule has 27 heavy (non-hydrogen) atoms. The van der Waals surface area contributed by atoms with Gasteiger partial charge in [0.2, 0.25) is 5.91 Å². The fourth-order valence-electron chi connectivity index (χ4n) is 2.83. The first kappa shape index (κ1) is 23.9. The summed E-state index contributed by atoms with van der Waals surface area (Å²) < 4.78 is 12.0. The molecule has 7 nitrogen and oxygen atoms in total. The molecule has 0 aromatic heterocycles. The standard InChI is InChI=1S/C19H38N2O5Si/c1-18(2,3)25-17(24)21-12-13(26-27(8,9)19(4,5)6)10-14(21)15(22)11-16(23)20-7/h13-15,22H,10-12H2,1-9H3,(H,20,23)/t13-,14+,15?/m1/s1. The fourth-order valence-corrected chi connectivity index (χ4v) is 4.19. The van der Waals surface area contributed by atoms with Gasteiger partial charge in [-0.2, -0.15) is 0 Å². The Morgan fingerprint density at radius 1 is 1.22 bits per heavy atom. The van der Waals surface area contributed by atoms with E-state index in [0.717, 1.165) is 0 Å². The second kappa shape index (κ2) is 8.49. The number of aliphatic hydroxyl groups is 1. The number of carbonyl (C=O) groups is 2. The van der Waals surface area contributed by atoms with Crippen LogP contribution in [-0.4, -0.2) is 67.8 Å². The molecule has 0 aliphatic carbocycles. The number of nitrogens with zero attached hydrogens (tertiary/aromatic N) is 1. The van der Waals surface area contributed by atoms with Gasteiger partial charge >= 0.3 is 6.09 Å². The molecule has 8 heteroatoms. The fraction of sp³-hybridized carbons (Fsp3) is 0.895. The van der Waals surface area contributed by atoms with Crippen LogP contribution in [0, 0.1) is 0 Å². The van der Waals surface area contributed by atoms with Gasteiger partial charge in [0, 0.05) is 13.6 Å². The van der Waals surface area contributed by atoms with E-state index in [1.165, 1.54) is 11.9 Å². The smallest absolute Gasteiger partial charge is 0.410 e. The number of rotatable bonds is 5. The van der Waals surface area contributed by atoms with Gasteiger partial charge in [-0.25, -0.2) is 4.79 Å². The zero-order chi connectivity index (χ0) is 21.2. The van der Waals surface area contributed by atoms with Crippen molar-refractivity contribution in [3.8, 4) is 0 Å². The SMILES string of the molecule is CNC(=O)CC(O)[C@@H]1C[C@@H](O[Si](C)(C)C(C)(C)C)CN1C(=O)OC(C)(C)C. The van der Waals surface area contributed by atoms with Gasteiger partial charge in [-0.05, 0) is 45.3 Å². The van der Waals surface area contributed by atoms with Gasteiger partial charge in [-0.15, -0.1) is 0 Å². The Bertz CT molecular complexity index is 539. The lowest BCUT2D eigenvalue weighted by Gasteiger charge is -2.38. The number of amides is 2. The van der Waals surface area contributed by atoms with Crippen molar-refractivity contribution < 1.29 is 23.9 Å². The van der Waals surface area contributed by atoms with Crippen molar-refractivity contribution >= 4 is 20.3 Å². The van der Waals surface area contributed by atoms with Gasteiger partial charge < -0.3 is 19.6 Å². The second-order valence-corrected chi connectivity index (χ2v) is 14.6. The van der Waals surface area contributed by atoms with E-state index in [2.05, 4.69) is 39.2 Å². The Hall–Kier alpha value is -1.12. The summed E-state index contributed by atoms with van der Waals surface area (Å²) in [6.45, 7) is 16.6. The van der Waals surface area contributed by atoms with Gasteiger partial charge in [-0.3, -0.25) is 9.69 Å². The molecule has 1 saturated heterocycles. The van der Waals surface area contributed by atoms with Crippen molar-refractivity contribution in [2.24, 2.45) is 0 Å². The summed E-state index contributed by atoms with van der Waals surface area (Å²) in [5.74, 6) is -0.264. The normalized spacial score (nSPS) is 22.5. The molecular formula is C19H38N2O5Si. The Kier molecular flexibility index (Phi) is 7.52. The van der Waals surface area contributed by atoms with Crippen molar-refractivity contribution in [2.75, 3.05) is 13.6 Å². The van der Waals surface area contributed by atoms with Crippen LogP contribution in [-0.2, 0) is 14.0 Å². The molecule has 0 spiro atoms. The van der Waals surface area contributed by atoms with Crippen LogP contribution in [0.2, 0.25) is 18.1 Å². The molecule has 0 bridgehead atoms. The molecule has 0 aromatic rings. The minimum Gasteiger partial charge on any atom is -0.444 e. The number of hydrogen-bond donors (Lipinski definition) is 2. The molecule has 3 atom stereocenters. The van der Waals surface area contributed by atoms with E-state index in [0.29, 0.717) is 13.0 Å². The first-order valence-electron chi connectivity index (χ1n) is 9.63. The zero-order valence-electron chi connectivity index (χ0n) is 18.4. The summed E-state index contributed by atoms with van der Waals surface area (Å²) in [6, 6.07) is -0.507. The summed E-state index contributed by atoms with van der Waals surface area (Å²) in [5.41, 5.74) is -0.633. The van der Waals surface area contributed by atoms with Crippen LogP contribution in [0.5, 0.6) is 0 Å². The van der Waals surface area contributed by atoms with Gasteiger partial charge in [0.15, 0.2) is 8.32 Å². The highest BCUT2D eigenvalue weighted by molar-refractivity contribution is 6.74. The van der Waals surface area contributed by atoms with Crippen molar-refractivity contribution in [3.63, 3.8) is 0 Å². The van der Waals surface area contributed by atoms with Crippen molar-refractivity contribution in [1.29, 1.82) is 0 Å². The van der Waals surface area contributed by atoms with Crippen LogP contribution >= 0.6 is 0 Å². The average molecular weight is 403 g/mol. The number of nitrogens with one attached hydrogen (secondary N) is 1. The summed E-state index contributed by atoms with van der Waals surface area (Å²) >= 11 is 0. The molecule has 1 aliphatic heterocycles. The van der Waals surface area contributed by atoms with E-state index in [1.807, 2.05) is 0 Å². The summed E-state index contributed by atoms with van der Waals surface area (Å²) in [5, 5.41) is 13.1. The van der Waals surface area contributed by atoms with E-state index >= 15 is 0 Å². The highest BCUT2D eigenvalue weighted by atomic mass is 28.4. The number of hydrogen-bond acceptors (Lipinski definition) is 5. The third-order valence-electron chi connectivity index (χ3n) is 5.32.